The van der Waals surface area contributed by atoms with Gasteiger partial charge in [0.2, 0.25) is 0 Å². The Balaban J connectivity index is 3.09. The molecule has 0 aliphatic carbocycles. The van der Waals surface area contributed by atoms with Crippen LogP contribution in [-0.2, 0) is 23.7 Å². The van der Waals surface area contributed by atoms with Gasteiger partial charge in [0.1, 0.15) is 6.23 Å². The fourth-order valence-electron chi connectivity index (χ4n) is 1.17. The van der Waals surface area contributed by atoms with E-state index in [0.717, 1.165) is 0 Å². The molecule has 116 valence electrons. The van der Waals surface area contributed by atoms with E-state index >= 15 is 0 Å². The molecule has 1 unspecified atom stereocenters. The summed E-state index contributed by atoms with van der Waals surface area (Å²) in [5, 5.41) is 0. The van der Waals surface area contributed by atoms with Gasteiger partial charge in [0.15, 0.2) is 0 Å². The van der Waals surface area contributed by atoms with Gasteiger partial charge in [-0.2, -0.15) is 0 Å². The van der Waals surface area contributed by atoms with Crippen LogP contribution < -0.4 is 11.5 Å². The van der Waals surface area contributed by atoms with Crippen LogP contribution in [0, 0.1) is 0 Å². The minimum atomic E-state index is -0.432. The lowest BCUT2D eigenvalue weighted by molar-refractivity contribution is -0.0483. The Morgan fingerprint density at radius 3 is 2.05 bits per heavy atom. The van der Waals surface area contributed by atoms with Gasteiger partial charge in [-0.25, -0.2) is 0 Å². The van der Waals surface area contributed by atoms with E-state index in [4.69, 9.17) is 35.2 Å². The zero-order valence-electron chi connectivity index (χ0n) is 11.8. The first-order valence-corrected chi connectivity index (χ1v) is 6.69. The van der Waals surface area contributed by atoms with Crippen LogP contribution in [0.4, 0.5) is 0 Å². The number of nitrogens with two attached hydrogens (primary N) is 2. The zero-order chi connectivity index (χ0) is 14.2. The van der Waals surface area contributed by atoms with Crippen molar-refractivity contribution in [1.82, 2.24) is 0 Å². The van der Waals surface area contributed by atoms with Crippen molar-refractivity contribution < 1.29 is 23.7 Å². The van der Waals surface area contributed by atoms with Gasteiger partial charge < -0.3 is 35.2 Å². The van der Waals surface area contributed by atoms with E-state index in [1.165, 1.54) is 0 Å². The van der Waals surface area contributed by atoms with E-state index in [0.29, 0.717) is 66.0 Å². The van der Waals surface area contributed by atoms with Crippen LogP contribution in [0.1, 0.15) is 6.92 Å². The smallest absolute Gasteiger partial charge is 0.129 e. The van der Waals surface area contributed by atoms with Crippen molar-refractivity contribution in [2.45, 2.75) is 13.2 Å². The number of ether oxygens (including phenoxy) is 5. The first kappa shape index (κ1) is 18.7. The molecule has 0 aromatic heterocycles. The van der Waals surface area contributed by atoms with Gasteiger partial charge in [0, 0.05) is 13.2 Å². The van der Waals surface area contributed by atoms with Gasteiger partial charge in [-0.3, -0.25) is 0 Å². The Hall–Kier alpha value is -0.280. The summed E-state index contributed by atoms with van der Waals surface area (Å²) >= 11 is 0. The summed E-state index contributed by atoms with van der Waals surface area (Å²) in [6.45, 7) is 7.18. The minimum absolute atomic E-state index is 0.354. The highest BCUT2D eigenvalue weighted by atomic mass is 16.6. The first-order chi connectivity index (χ1) is 9.31. The summed E-state index contributed by atoms with van der Waals surface area (Å²) < 4.78 is 26.1. The van der Waals surface area contributed by atoms with Crippen LogP contribution in [0.2, 0.25) is 0 Å². The lowest BCUT2D eigenvalue weighted by Gasteiger charge is -2.13. The molecule has 0 aromatic carbocycles. The van der Waals surface area contributed by atoms with Gasteiger partial charge in [-0.05, 0) is 6.92 Å². The highest BCUT2D eigenvalue weighted by Gasteiger charge is 2.02. The van der Waals surface area contributed by atoms with Gasteiger partial charge in [-0.15, -0.1) is 0 Å². The zero-order valence-corrected chi connectivity index (χ0v) is 11.8. The van der Waals surface area contributed by atoms with E-state index in [2.05, 4.69) is 0 Å². The van der Waals surface area contributed by atoms with Crippen LogP contribution in [0.3, 0.4) is 0 Å². The normalized spacial score (nSPS) is 12.8. The second-order valence-electron chi connectivity index (χ2n) is 3.69. The summed E-state index contributed by atoms with van der Waals surface area (Å²) in [5.74, 6) is 0. The maximum atomic E-state index is 5.69. The van der Waals surface area contributed by atoms with E-state index in [1.807, 2.05) is 6.92 Å². The van der Waals surface area contributed by atoms with Crippen molar-refractivity contribution in [3.63, 3.8) is 0 Å². The molecule has 7 nitrogen and oxygen atoms in total. The van der Waals surface area contributed by atoms with Gasteiger partial charge in [-0.1, -0.05) is 0 Å². The van der Waals surface area contributed by atoms with Gasteiger partial charge in [0.25, 0.3) is 0 Å². The molecule has 4 N–H and O–H groups in total. The molecule has 0 rings (SSSR count). The van der Waals surface area contributed by atoms with Crippen LogP contribution in [0.5, 0.6) is 0 Å². The average molecular weight is 280 g/mol. The second-order valence-corrected chi connectivity index (χ2v) is 3.69. The summed E-state index contributed by atoms with van der Waals surface area (Å²) in [7, 11) is 0. The predicted molar refractivity (Wildman–Crippen MR) is 71.9 cm³/mol. The predicted octanol–water partition coefficient (Wildman–Crippen LogP) is -0.667. The molecular formula is C12H28N2O5. The van der Waals surface area contributed by atoms with Crippen molar-refractivity contribution in [2.24, 2.45) is 11.5 Å². The summed E-state index contributed by atoms with van der Waals surface area (Å²) in [5.41, 5.74) is 11.0. The molecule has 7 heteroatoms. The summed E-state index contributed by atoms with van der Waals surface area (Å²) in [4.78, 5) is 0. The van der Waals surface area contributed by atoms with Crippen LogP contribution >= 0.6 is 0 Å². The molecular weight excluding hydrogens is 252 g/mol. The molecule has 0 bridgehead atoms. The monoisotopic (exact) mass is 280 g/mol. The molecule has 0 saturated heterocycles. The molecule has 0 fully saturated rings. The summed E-state index contributed by atoms with van der Waals surface area (Å²) in [6.07, 6.45) is -0.432. The Labute approximate surface area is 115 Å². The molecule has 0 radical (unpaired) electrons. The fraction of sp³-hybridized carbons (Fsp3) is 1.00. The van der Waals surface area contributed by atoms with Crippen LogP contribution in [-0.4, -0.2) is 72.2 Å². The van der Waals surface area contributed by atoms with Crippen molar-refractivity contribution in [2.75, 3.05) is 66.0 Å². The number of hydrogen-bond donors (Lipinski definition) is 2. The Morgan fingerprint density at radius 2 is 1.37 bits per heavy atom. The number of rotatable bonds is 15. The molecule has 0 amide bonds. The molecule has 0 aromatic rings. The molecule has 0 saturated carbocycles. The highest BCUT2D eigenvalue weighted by Crippen LogP contribution is 1.88. The van der Waals surface area contributed by atoms with E-state index in [-0.39, 0.29) is 0 Å². The van der Waals surface area contributed by atoms with E-state index in [1.54, 1.807) is 0 Å². The third-order valence-corrected chi connectivity index (χ3v) is 2.05. The topological polar surface area (TPSA) is 98.2 Å². The van der Waals surface area contributed by atoms with E-state index < -0.39 is 6.23 Å². The van der Waals surface area contributed by atoms with Crippen molar-refractivity contribution in [3.8, 4) is 0 Å². The van der Waals surface area contributed by atoms with Crippen molar-refractivity contribution in [1.29, 1.82) is 0 Å². The molecule has 19 heavy (non-hydrogen) atoms. The Morgan fingerprint density at radius 1 is 0.789 bits per heavy atom. The first-order valence-electron chi connectivity index (χ1n) is 6.69. The molecule has 0 aliphatic heterocycles. The van der Waals surface area contributed by atoms with Gasteiger partial charge >= 0.3 is 0 Å². The Kier molecular flexibility index (Phi) is 15.5. The molecule has 0 aliphatic rings. The van der Waals surface area contributed by atoms with E-state index in [9.17, 15) is 0 Å². The molecule has 1 atom stereocenters. The fourth-order valence-corrected chi connectivity index (χ4v) is 1.17. The SMILES string of the molecule is CCOCCOCC(N)OCCOCCOCCN. The maximum absolute atomic E-state index is 5.69. The highest BCUT2D eigenvalue weighted by molar-refractivity contribution is 4.45. The van der Waals surface area contributed by atoms with Crippen molar-refractivity contribution in [3.05, 3.63) is 0 Å². The van der Waals surface area contributed by atoms with Crippen molar-refractivity contribution >= 4 is 0 Å². The average Bonchev–Trinajstić information content (AvgIpc) is 2.41. The quantitative estimate of drug-likeness (QED) is 0.303. The third-order valence-electron chi connectivity index (χ3n) is 2.05. The molecule has 0 heterocycles. The lowest BCUT2D eigenvalue weighted by atomic mass is 10.6. The maximum Gasteiger partial charge on any atom is 0.129 e. The van der Waals surface area contributed by atoms with Gasteiger partial charge in [0.05, 0.1) is 52.9 Å². The standard InChI is InChI=1S/C12H28N2O5/c1-2-15-5-8-18-11-12(14)19-10-9-17-7-6-16-4-3-13/h12H,2-11,13-14H2,1H3. The Bertz CT molecular complexity index is 174. The minimum Gasteiger partial charge on any atom is -0.379 e. The second kappa shape index (κ2) is 15.8. The third kappa shape index (κ3) is 15.7. The molecule has 0 spiro atoms. The number of hydrogen-bond acceptors (Lipinski definition) is 7. The largest absolute Gasteiger partial charge is 0.379 e. The van der Waals surface area contributed by atoms with Crippen LogP contribution in [0.25, 0.3) is 0 Å². The lowest BCUT2D eigenvalue weighted by Crippen LogP contribution is -2.31. The van der Waals surface area contributed by atoms with Crippen LogP contribution in [0.15, 0.2) is 0 Å². The summed E-state index contributed by atoms with van der Waals surface area (Å²) in [6, 6.07) is 0.